The largest absolute Gasteiger partial charge is 0.334 e. The Hall–Kier alpha value is -2.86. The van der Waals surface area contributed by atoms with Crippen molar-refractivity contribution in [2.24, 2.45) is 0 Å². The van der Waals surface area contributed by atoms with Crippen molar-refractivity contribution in [2.45, 2.75) is 12.6 Å². The molecular weight excluding hydrogens is 282 g/mol. The predicted molar refractivity (Wildman–Crippen MR) is 80.9 cm³/mol. The fourth-order valence-corrected chi connectivity index (χ4v) is 1.97. The number of nitrogens with one attached hydrogen (secondary N) is 3. The van der Waals surface area contributed by atoms with Crippen LogP contribution in [-0.4, -0.2) is 17.1 Å². The van der Waals surface area contributed by atoms with Crippen molar-refractivity contribution in [3.05, 3.63) is 71.8 Å². The van der Waals surface area contributed by atoms with Crippen LogP contribution in [-0.2, 0) is 11.3 Å². The molecule has 0 aliphatic carbocycles. The summed E-state index contributed by atoms with van der Waals surface area (Å²) in [6.07, 6.45) is 0. The van der Waals surface area contributed by atoms with Crippen LogP contribution in [0.3, 0.4) is 0 Å². The highest BCUT2D eigenvalue weighted by atomic mass is 16.5. The fraction of sp³-hybridized carbons (Fsp3) is 0.125. The Kier molecular flexibility index (Phi) is 5.50. The molecule has 0 bridgehead atoms. The van der Waals surface area contributed by atoms with Gasteiger partial charge in [-0.1, -0.05) is 60.7 Å². The molecule has 0 unspecified atom stereocenters. The summed E-state index contributed by atoms with van der Waals surface area (Å²) in [7, 11) is 0. The van der Waals surface area contributed by atoms with E-state index in [1.54, 1.807) is 35.8 Å². The third-order valence-electron chi connectivity index (χ3n) is 3.08. The molecule has 4 N–H and O–H groups in total. The second-order valence-electron chi connectivity index (χ2n) is 4.63. The summed E-state index contributed by atoms with van der Waals surface area (Å²) in [4.78, 5) is 23.7. The maximum Gasteiger partial charge on any atom is 0.315 e. The number of benzene rings is 2. The van der Waals surface area contributed by atoms with Gasteiger partial charge in [0, 0.05) is 6.54 Å². The van der Waals surface area contributed by atoms with E-state index in [0.29, 0.717) is 12.1 Å². The molecule has 0 saturated heterocycles. The van der Waals surface area contributed by atoms with Gasteiger partial charge in [0.25, 0.3) is 5.91 Å². The Labute approximate surface area is 128 Å². The van der Waals surface area contributed by atoms with E-state index >= 15 is 0 Å². The fourth-order valence-electron chi connectivity index (χ4n) is 1.97. The van der Waals surface area contributed by atoms with Crippen LogP contribution in [0.25, 0.3) is 0 Å². The third-order valence-corrected chi connectivity index (χ3v) is 3.08. The first-order valence-electron chi connectivity index (χ1n) is 6.78. The zero-order valence-electron chi connectivity index (χ0n) is 11.8. The molecule has 0 aliphatic rings. The lowest BCUT2D eigenvalue weighted by molar-refractivity contribution is -0.131. The summed E-state index contributed by atoms with van der Waals surface area (Å²) in [5.41, 5.74) is 3.08. The van der Waals surface area contributed by atoms with Gasteiger partial charge in [-0.2, -0.15) is 0 Å². The molecule has 2 rings (SSSR count). The second-order valence-corrected chi connectivity index (χ2v) is 4.63. The Morgan fingerprint density at radius 2 is 1.55 bits per heavy atom. The first-order valence-corrected chi connectivity index (χ1v) is 6.78. The van der Waals surface area contributed by atoms with E-state index in [1.807, 2.05) is 30.3 Å². The first kappa shape index (κ1) is 15.5. The zero-order valence-corrected chi connectivity index (χ0v) is 11.8. The lowest BCUT2D eigenvalue weighted by atomic mass is 10.1. The lowest BCUT2D eigenvalue weighted by Gasteiger charge is -2.17. The molecule has 0 aromatic heterocycles. The van der Waals surface area contributed by atoms with Crippen molar-refractivity contribution in [2.75, 3.05) is 0 Å². The van der Waals surface area contributed by atoms with E-state index in [4.69, 9.17) is 5.21 Å². The van der Waals surface area contributed by atoms with E-state index in [-0.39, 0.29) is 0 Å². The number of rotatable bonds is 5. The molecule has 0 saturated carbocycles. The van der Waals surface area contributed by atoms with Crippen molar-refractivity contribution >= 4 is 11.9 Å². The molecule has 22 heavy (non-hydrogen) atoms. The van der Waals surface area contributed by atoms with Crippen LogP contribution in [0.1, 0.15) is 17.2 Å². The van der Waals surface area contributed by atoms with Gasteiger partial charge in [-0.25, -0.2) is 10.3 Å². The van der Waals surface area contributed by atoms with Gasteiger partial charge >= 0.3 is 6.03 Å². The summed E-state index contributed by atoms with van der Waals surface area (Å²) in [5.74, 6) is -0.707. The summed E-state index contributed by atoms with van der Waals surface area (Å²) in [5, 5.41) is 14.0. The standard InChI is InChI=1S/C16H17N3O3/c20-15(19-22)14(13-9-5-2-6-10-13)18-16(21)17-11-12-7-3-1-4-8-12/h1-10,14,22H,11H2,(H,19,20)(H2,17,18,21)/t14-/m0/s1. The average Bonchev–Trinajstić information content (AvgIpc) is 2.59. The Morgan fingerprint density at radius 1 is 0.955 bits per heavy atom. The van der Waals surface area contributed by atoms with Gasteiger partial charge in [-0.3, -0.25) is 10.0 Å². The normalized spacial score (nSPS) is 11.3. The van der Waals surface area contributed by atoms with Gasteiger partial charge in [0.2, 0.25) is 0 Å². The predicted octanol–water partition coefficient (Wildman–Crippen LogP) is 1.73. The minimum Gasteiger partial charge on any atom is -0.334 e. The van der Waals surface area contributed by atoms with Crippen LogP contribution in [0.5, 0.6) is 0 Å². The van der Waals surface area contributed by atoms with Crippen LogP contribution >= 0.6 is 0 Å². The number of urea groups is 1. The Morgan fingerprint density at radius 3 is 2.14 bits per heavy atom. The van der Waals surface area contributed by atoms with Gasteiger partial charge in [0.15, 0.2) is 0 Å². The van der Waals surface area contributed by atoms with Crippen LogP contribution in [0.4, 0.5) is 4.79 Å². The Balaban J connectivity index is 1.98. The summed E-state index contributed by atoms with van der Waals surface area (Å²) >= 11 is 0. The minimum absolute atomic E-state index is 0.342. The zero-order chi connectivity index (χ0) is 15.8. The highest BCUT2D eigenvalue weighted by molar-refractivity contribution is 5.87. The van der Waals surface area contributed by atoms with E-state index in [0.717, 1.165) is 5.56 Å². The molecular formula is C16H17N3O3. The average molecular weight is 299 g/mol. The molecule has 6 heteroatoms. The number of carbonyl (C=O) groups excluding carboxylic acids is 2. The molecule has 0 fully saturated rings. The minimum atomic E-state index is -0.970. The highest BCUT2D eigenvalue weighted by Crippen LogP contribution is 2.12. The molecule has 1 atom stereocenters. The van der Waals surface area contributed by atoms with E-state index in [1.165, 1.54) is 0 Å². The van der Waals surface area contributed by atoms with E-state index in [2.05, 4.69) is 10.6 Å². The van der Waals surface area contributed by atoms with Gasteiger partial charge in [0.05, 0.1) is 0 Å². The van der Waals surface area contributed by atoms with Crippen LogP contribution in [0.2, 0.25) is 0 Å². The Bertz CT molecular complexity index is 617. The van der Waals surface area contributed by atoms with Gasteiger partial charge in [-0.05, 0) is 11.1 Å². The lowest BCUT2D eigenvalue weighted by Crippen LogP contribution is -2.43. The number of amides is 3. The van der Waals surface area contributed by atoms with Gasteiger partial charge < -0.3 is 10.6 Å². The summed E-state index contributed by atoms with van der Waals surface area (Å²) < 4.78 is 0. The molecule has 2 aromatic rings. The number of hydroxylamine groups is 1. The number of hydrogen-bond acceptors (Lipinski definition) is 3. The van der Waals surface area contributed by atoms with Crippen LogP contribution in [0, 0.1) is 0 Å². The van der Waals surface area contributed by atoms with Crippen molar-refractivity contribution < 1.29 is 14.8 Å². The van der Waals surface area contributed by atoms with Crippen molar-refractivity contribution in [1.82, 2.24) is 16.1 Å². The van der Waals surface area contributed by atoms with Gasteiger partial charge in [-0.15, -0.1) is 0 Å². The summed E-state index contributed by atoms with van der Waals surface area (Å²) in [6, 6.07) is 16.6. The van der Waals surface area contributed by atoms with E-state index in [9.17, 15) is 9.59 Å². The molecule has 6 nitrogen and oxygen atoms in total. The maximum atomic E-state index is 11.9. The van der Waals surface area contributed by atoms with Gasteiger partial charge in [0.1, 0.15) is 6.04 Å². The van der Waals surface area contributed by atoms with Crippen LogP contribution < -0.4 is 16.1 Å². The van der Waals surface area contributed by atoms with E-state index < -0.39 is 18.0 Å². The summed E-state index contributed by atoms with van der Waals surface area (Å²) in [6.45, 7) is 0.342. The monoisotopic (exact) mass is 299 g/mol. The molecule has 3 amide bonds. The second kappa shape index (κ2) is 7.80. The SMILES string of the molecule is O=C(NCc1ccccc1)N[C@H](C(=O)NO)c1ccccc1. The number of hydrogen-bond donors (Lipinski definition) is 4. The highest BCUT2D eigenvalue weighted by Gasteiger charge is 2.21. The first-order chi connectivity index (χ1) is 10.7. The molecule has 0 spiro atoms. The maximum absolute atomic E-state index is 11.9. The quantitative estimate of drug-likeness (QED) is 0.500. The third kappa shape index (κ3) is 4.32. The van der Waals surface area contributed by atoms with Crippen molar-refractivity contribution in [1.29, 1.82) is 0 Å². The van der Waals surface area contributed by atoms with Crippen LogP contribution in [0.15, 0.2) is 60.7 Å². The molecule has 0 aliphatic heterocycles. The molecule has 114 valence electrons. The van der Waals surface area contributed by atoms with Crippen molar-refractivity contribution in [3.63, 3.8) is 0 Å². The molecule has 0 heterocycles. The molecule has 2 aromatic carbocycles. The number of carbonyl (C=O) groups is 2. The smallest absolute Gasteiger partial charge is 0.315 e. The topological polar surface area (TPSA) is 90.5 Å². The van der Waals surface area contributed by atoms with Crippen molar-refractivity contribution in [3.8, 4) is 0 Å². The molecule has 0 radical (unpaired) electrons.